The number of nitrogens with zero attached hydrogens (tertiary/aromatic N) is 1. The van der Waals surface area contributed by atoms with Crippen LogP contribution in [0, 0.1) is 0 Å². The lowest BCUT2D eigenvalue weighted by Crippen LogP contribution is -2.23. The van der Waals surface area contributed by atoms with Crippen molar-refractivity contribution < 1.29 is 33.3 Å². The molecule has 0 rings (SSSR count). The van der Waals surface area contributed by atoms with Gasteiger partial charge in [-0.3, -0.25) is 9.59 Å². The number of esters is 2. The fourth-order valence-corrected chi connectivity index (χ4v) is 6.09. The molecule has 0 aliphatic heterocycles. The van der Waals surface area contributed by atoms with Crippen molar-refractivity contribution in [2.45, 2.75) is 206 Å². The second-order valence-electron chi connectivity index (χ2n) is 15.0. The van der Waals surface area contributed by atoms with Crippen LogP contribution in [0.3, 0.4) is 0 Å². The van der Waals surface area contributed by atoms with Crippen LogP contribution < -0.4 is 0 Å². The van der Waals surface area contributed by atoms with E-state index in [0.29, 0.717) is 32.5 Å². The Morgan fingerprint density at radius 2 is 0.962 bits per heavy atom. The van der Waals surface area contributed by atoms with Gasteiger partial charge in [0.2, 0.25) is 0 Å². The summed E-state index contributed by atoms with van der Waals surface area (Å²) >= 11 is 0. The summed E-state index contributed by atoms with van der Waals surface area (Å²) in [6, 6.07) is 0. The van der Waals surface area contributed by atoms with Gasteiger partial charge in [-0.2, -0.15) is 0 Å². The van der Waals surface area contributed by atoms with Gasteiger partial charge in [0, 0.05) is 25.8 Å². The van der Waals surface area contributed by atoms with E-state index in [1.807, 2.05) is 14.1 Å². The number of carbonyl (C=O) groups excluding carboxylic acids is 3. The van der Waals surface area contributed by atoms with Crippen LogP contribution in [0.5, 0.6) is 0 Å². The number of rotatable bonds is 39. The predicted molar refractivity (Wildman–Crippen MR) is 220 cm³/mol. The summed E-state index contributed by atoms with van der Waals surface area (Å²) in [5.41, 5.74) is 0. The van der Waals surface area contributed by atoms with E-state index in [2.05, 4.69) is 43.1 Å². The van der Waals surface area contributed by atoms with Crippen molar-refractivity contribution in [2.24, 2.45) is 0 Å². The molecule has 53 heavy (non-hydrogen) atoms. The molecule has 0 heterocycles. The topological polar surface area (TPSA) is 91.4 Å². The molecule has 0 aromatic rings. The van der Waals surface area contributed by atoms with Crippen LogP contribution in [0.4, 0.5) is 4.79 Å². The molecule has 8 nitrogen and oxygen atoms in total. The lowest BCUT2D eigenvalue weighted by atomic mass is 10.0. The third-order valence-electron chi connectivity index (χ3n) is 9.43. The molecule has 0 aliphatic rings. The van der Waals surface area contributed by atoms with Gasteiger partial charge in [0.1, 0.15) is 6.10 Å². The monoisotopic (exact) mass is 750 g/mol. The number of hydrogen-bond acceptors (Lipinski definition) is 8. The van der Waals surface area contributed by atoms with Gasteiger partial charge in [-0.15, -0.1) is 0 Å². The Morgan fingerprint density at radius 1 is 0.491 bits per heavy atom. The van der Waals surface area contributed by atoms with Crippen molar-refractivity contribution in [2.75, 3.05) is 40.5 Å². The molecule has 0 saturated carbocycles. The molecule has 0 amide bonds. The first-order valence-corrected chi connectivity index (χ1v) is 22.0. The number of allylic oxidation sites excluding steroid dienone is 4. The molecule has 0 N–H and O–H groups in total. The van der Waals surface area contributed by atoms with Crippen molar-refractivity contribution in [1.29, 1.82) is 0 Å². The molecule has 0 radical (unpaired) electrons. The molecule has 1 unspecified atom stereocenters. The third kappa shape index (κ3) is 40.7. The fourth-order valence-electron chi connectivity index (χ4n) is 6.09. The number of carbonyl (C=O) groups is 3. The Balaban J connectivity index is 4.10. The highest BCUT2D eigenvalue weighted by atomic mass is 16.7. The highest BCUT2D eigenvalue weighted by Crippen LogP contribution is 2.16. The van der Waals surface area contributed by atoms with Gasteiger partial charge >= 0.3 is 18.1 Å². The molecular weight excluding hydrogens is 666 g/mol. The van der Waals surface area contributed by atoms with E-state index in [9.17, 15) is 14.4 Å². The molecule has 0 bridgehead atoms. The van der Waals surface area contributed by atoms with Gasteiger partial charge in [0.25, 0.3) is 0 Å². The van der Waals surface area contributed by atoms with Crippen LogP contribution in [-0.4, -0.2) is 69.6 Å². The zero-order valence-electron chi connectivity index (χ0n) is 35.0. The van der Waals surface area contributed by atoms with Crippen LogP contribution in [-0.2, 0) is 28.5 Å². The van der Waals surface area contributed by atoms with E-state index in [0.717, 1.165) is 103 Å². The average Bonchev–Trinajstić information content (AvgIpc) is 3.13. The lowest BCUT2D eigenvalue weighted by Gasteiger charge is -2.18. The smallest absolute Gasteiger partial charge is 0.466 e. The van der Waals surface area contributed by atoms with E-state index < -0.39 is 6.16 Å². The Hall–Kier alpha value is -2.35. The van der Waals surface area contributed by atoms with E-state index >= 15 is 0 Å². The molecule has 1 atom stereocenters. The van der Waals surface area contributed by atoms with Crippen LogP contribution in [0.15, 0.2) is 24.3 Å². The van der Waals surface area contributed by atoms with Crippen molar-refractivity contribution in [1.82, 2.24) is 4.90 Å². The number of unbranched alkanes of at least 4 members (excludes halogenated alkanes) is 19. The fraction of sp³-hybridized carbons (Fsp3) is 0.844. The third-order valence-corrected chi connectivity index (χ3v) is 9.43. The minimum Gasteiger partial charge on any atom is -0.466 e. The molecule has 8 heteroatoms. The maximum Gasteiger partial charge on any atom is 0.508 e. The molecular formula is C45H83NO7. The van der Waals surface area contributed by atoms with Gasteiger partial charge in [0.05, 0.1) is 19.8 Å². The van der Waals surface area contributed by atoms with E-state index in [4.69, 9.17) is 18.9 Å². The summed E-state index contributed by atoms with van der Waals surface area (Å²) in [4.78, 5) is 38.6. The first-order valence-electron chi connectivity index (χ1n) is 22.0. The van der Waals surface area contributed by atoms with Gasteiger partial charge in [0.15, 0.2) is 0 Å². The van der Waals surface area contributed by atoms with E-state index in [1.165, 1.54) is 70.6 Å². The van der Waals surface area contributed by atoms with Crippen molar-refractivity contribution in [3.8, 4) is 0 Å². The van der Waals surface area contributed by atoms with Crippen LogP contribution in [0.25, 0.3) is 0 Å². The summed E-state index contributed by atoms with van der Waals surface area (Å²) < 4.78 is 21.9. The second kappa shape index (κ2) is 40.8. The summed E-state index contributed by atoms with van der Waals surface area (Å²) in [6.45, 7) is 6.40. The molecule has 0 spiro atoms. The predicted octanol–water partition coefficient (Wildman–Crippen LogP) is 12.6. The average molecular weight is 750 g/mol. The van der Waals surface area contributed by atoms with Gasteiger partial charge in [-0.05, 0) is 84.7 Å². The Labute approximate surface area is 326 Å². The van der Waals surface area contributed by atoms with Crippen LogP contribution >= 0.6 is 0 Å². The van der Waals surface area contributed by atoms with E-state index in [-0.39, 0.29) is 24.6 Å². The largest absolute Gasteiger partial charge is 0.508 e. The standard InChI is InChI=1S/C45H83NO7/c1-5-7-9-11-12-13-14-15-16-17-18-19-23-27-31-36-44(48)51-41-37-42(53-45(49)52-40-33-38-46(3)4)34-29-26-22-20-21-24-28-32-39-50-43(47)35-30-25-10-8-6-2/h12-13,15-16,42H,5-11,14,17-41H2,1-4H3. The zero-order valence-corrected chi connectivity index (χ0v) is 35.0. The normalized spacial score (nSPS) is 12.2. The highest BCUT2D eigenvalue weighted by molar-refractivity contribution is 5.69. The van der Waals surface area contributed by atoms with Gasteiger partial charge in [-0.25, -0.2) is 4.79 Å². The number of ether oxygens (including phenoxy) is 4. The lowest BCUT2D eigenvalue weighted by molar-refractivity contribution is -0.145. The second-order valence-corrected chi connectivity index (χ2v) is 15.0. The van der Waals surface area contributed by atoms with E-state index in [1.54, 1.807) is 0 Å². The highest BCUT2D eigenvalue weighted by Gasteiger charge is 2.17. The summed E-state index contributed by atoms with van der Waals surface area (Å²) in [7, 11) is 3.98. The molecule has 310 valence electrons. The van der Waals surface area contributed by atoms with Gasteiger partial charge < -0.3 is 23.8 Å². The van der Waals surface area contributed by atoms with Crippen molar-refractivity contribution in [3.63, 3.8) is 0 Å². The van der Waals surface area contributed by atoms with Gasteiger partial charge in [-0.1, -0.05) is 134 Å². The Kier molecular flexibility index (Phi) is 39.0. The summed E-state index contributed by atoms with van der Waals surface area (Å²) in [5, 5.41) is 0. The number of hydrogen-bond donors (Lipinski definition) is 0. The maximum atomic E-state index is 12.4. The zero-order chi connectivity index (χ0) is 38.9. The SMILES string of the molecule is CCCCCC=CCC=CCCCCCCCC(=O)OCCC(CCCCCCCCCCOC(=O)CCCCCCC)OC(=O)OCCCN(C)C. The molecule has 0 saturated heterocycles. The summed E-state index contributed by atoms with van der Waals surface area (Å²) in [6.07, 6.45) is 38.2. The molecule has 0 aliphatic carbocycles. The molecule has 0 fully saturated rings. The minimum absolute atomic E-state index is 0.0491. The first-order chi connectivity index (χ1) is 25.9. The van der Waals surface area contributed by atoms with Crippen LogP contribution in [0.2, 0.25) is 0 Å². The first kappa shape index (κ1) is 50.6. The molecule has 0 aromatic carbocycles. The van der Waals surface area contributed by atoms with Crippen molar-refractivity contribution >= 4 is 18.1 Å². The Bertz CT molecular complexity index is 888. The summed E-state index contributed by atoms with van der Waals surface area (Å²) in [5.74, 6) is -0.219. The van der Waals surface area contributed by atoms with Crippen LogP contribution in [0.1, 0.15) is 200 Å². The minimum atomic E-state index is -0.636. The molecule has 0 aromatic heterocycles. The maximum absolute atomic E-state index is 12.4. The Morgan fingerprint density at radius 3 is 1.57 bits per heavy atom. The quantitative estimate of drug-likeness (QED) is 0.0265. The van der Waals surface area contributed by atoms with Crippen molar-refractivity contribution in [3.05, 3.63) is 24.3 Å².